The Bertz CT molecular complexity index is 291. The highest BCUT2D eigenvalue weighted by atomic mass is 32.2. The summed E-state index contributed by atoms with van der Waals surface area (Å²) in [5, 5.41) is 2.49. The molecule has 0 aromatic heterocycles. The Labute approximate surface area is 106 Å². The summed E-state index contributed by atoms with van der Waals surface area (Å²) in [5.74, 6) is 0.309. The maximum Gasteiger partial charge on any atom is 0.218 e. The van der Waals surface area contributed by atoms with E-state index >= 15 is 0 Å². The maximum absolute atomic E-state index is 12.3. The molecule has 5 nitrogen and oxygen atoms in total. The van der Waals surface area contributed by atoms with Gasteiger partial charge in [0, 0.05) is 26.7 Å². The van der Waals surface area contributed by atoms with Gasteiger partial charge in [-0.2, -0.15) is 4.31 Å². The smallest absolute Gasteiger partial charge is 0.218 e. The predicted molar refractivity (Wildman–Crippen MR) is 70.6 cm³/mol. The molecule has 0 amide bonds. The fraction of sp³-hybridized carbons (Fsp3) is 1.00. The highest BCUT2D eigenvalue weighted by Crippen LogP contribution is 2.11. The van der Waals surface area contributed by atoms with Crippen molar-refractivity contribution in [1.29, 1.82) is 0 Å². The monoisotopic (exact) mass is 266 g/mol. The zero-order chi connectivity index (χ0) is 13.5. The minimum Gasteiger partial charge on any atom is -0.383 e. The number of nitrogens with zero attached hydrogens (tertiary/aromatic N) is 1. The minimum absolute atomic E-state index is 0.309. The lowest BCUT2D eigenvalue weighted by atomic mass is 10.2. The molecular formula is C11H26N2O3S. The van der Waals surface area contributed by atoms with E-state index in [-0.39, 0.29) is 0 Å². The highest BCUT2D eigenvalue weighted by Gasteiger charge is 2.28. The number of hydrogen-bond acceptors (Lipinski definition) is 4. The van der Waals surface area contributed by atoms with Gasteiger partial charge in [0.05, 0.1) is 11.9 Å². The standard InChI is InChI=1S/C11H26N2O3S/c1-10(2)9-13(6-7-16-5)17(14,15)11(3)8-12-4/h10-12H,6-9H2,1-5H3. The number of rotatable bonds is 9. The van der Waals surface area contributed by atoms with Crippen LogP contribution in [-0.4, -0.2) is 58.4 Å². The highest BCUT2D eigenvalue weighted by molar-refractivity contribution is 7.89. The van der Waals surface area contributed by atoms with E-state index in [9.17, 15) is 8.42 Å². The van der Waals surface area contributed by atoms with Crippen molar-refractivity contribution in [1.82, 2.24) is 9.62 Å². The molecule has 1 atom stereocenters. The molecular weight excluding hydrogens is 240 g/mol. The molecule has 104 valence electrons. The van der Waals surface area contributed by atoms with Crippen molar-refractivity contribution in [3.63, 3.8) is 0 Å². The molecule has 0 radical (unpaired) electrons. The van der Waals surface area contributed by atoms with Crippen molar-refractivity contribution in [2.75, 3.05) is 40.4 Å². The molecule has 6 heteroatoms. The molecule has 0 aromatic rings. The van der Waals surface area contributed by atoms with Gasteiger partial charge < -0.3 is 10.1 Å². The first-order chi connectivity index (χ1) is 7.86. The molecule has 1 unspecified atom stereocenters. The molecule has 17 heavy (non-hydrogen) atoms. The second-order valence-corrected chi connectivity index (χ2v) is 7.01. The van der Waals surface area contributed by atoms with E-state index in [0.29, 0.717) is 32.2 Å². The molecule has 0 aliphatic heterocycles. The largest absolute Gasteiger partial charge is 0.383 e. The van der Waals surface area contributed by atoms with Crippen molar-refractivity contribution >= 4 is 10.0 Å². The molecule has 1 N–H and O–H groups in total. The summed E-state index contributed by atoms with van der Waals surface area (Å²) in [4.78, 5) is 0. The first-order valence-corrected chi connectivity index (χ1v) is 7.49. The molecule has 0 rings (SSSR count). The van der Waals surface area contributed by atoms with Crippen molar-refractivity contribution in [3.8, 4) is 0 Å². The zero-order valence-electron chi connectivity index (χ0n) is 11.6. The maximum atomic E-state index is 12.3. The van der Waals surface area contributed by atoms with Gasteiger partial charge >= 0.3 is 0 Å². The van der Waals surface area contributed by atoms with Crippen LogP contribution in [0.5, 0.6) is 0 Å². The van der Waals surface area contributed by atoms with E-state index in [4.69, 9.17) is 4.74 Å². The molecule has 0 bridgehead atoms. The first kappa shape index (κ1) is 16.8. The van der Waals surface area contributed by atoms with Crippen LogP contribution in [-0.2, 0) is 14.8 Å². The van der Waals surface area contributed by atoms with Crippen LogP contribution in [0, 0.1) is 5.92 Å². The molecule has 0 heterocycles. The summed E-state index contributed by atoms with van der Waals surface area (Å²) in [6.45, 7) is 7.61. The Balaban J connectivity index is 4.74. The van der Waals surface area contributed by atoms with Crippen LogP contribution in [0.3, 0.4) is 0 Å². The second kappa shape index (κ2) is 8.02. The van der Waals surface area contributed by atoms with Gasteiger partial charge in [0.15, 0.2) is 0 Å². The zero-order valence-corrected chi connectivity index (χ0v) is 12.4. The Morgan fingerprint density at radius 2 is 1.88 bits per heavy atom. The van der Waals surface area contributed by atoms with Gasteiger partial charge in [-0.1, -0.05) is 13.8 Å². The molecule has 0 spiro atoms. The quantitative estimate of drug-likeness (QED) is 0.661. The second-order valence-electron chi connectivity index (χ2n) is 4.66. The molecule has 0 aliphatic rings. The van der Waals surface area contributed by atoms with Crippen LogP contribution >= 0.6 is 0 Å². The molecule has 0 aromatic carbocycles. The van der Waals surface area contributed by atoms with E-state index in [1.54, 1.807) is 21.1 Å². The van der Waals surface area contributed by atoms with Gasteiger partial charge in [-0.15, -0.1) is 0 Å². The fourth-order valence-electron chi connectivity index (χ4n) is 1.57. The van der Waals surface area contributed by atoms with Crippen LogP contribution in [0.4, 0.5) is 0 Å². The number of ether oxygens (including phenoxy) is 1. The van der Waals surface area contributed by atoms with Crippen molar-refractivity contribution in [2.45, 2.75) is 26.0 Å². The van der Waals surface area contributed by atoms with Crippen molar-refractivity contribution < 1.29 is 13.2 Å². The van der Waals surface area contributed by atoms with E-state index in [0.717, 1.165) is 0 Å². The Kier molecular flexibility index (Phi) is 7.94. The Morgan fingerprint density at radius 1 is 1.29 bits per heavy atom. The summed E-state index contributed by atoms with van der Waals surface area (Å²) in [7, 11) is 0.0988. The molecule has 0 aliphatic carbocycles. The van der Waals surface area contributed by atoms with Crippen LogP contribution in [0.1, 0.15) is 20.8 Å². The van der Waals surface area contributed by atoms with Gasteiger partial charge in [-0.25, -0.2) is 8.42 Å². The van der Waals surface area contributed by atoms with Gasteiger partial charge in [-0.05, 0) is 19.9 Å². The first-order valence-electron chi connectivity index (χ1n) is 5.98. The lowest BCUT2D eigenvalue weighted by molar-refractivity contribution is 0.175. The third kappa shape index (κ3) is 5.81. The lowest BCUT2D eigenvalue weighted by Gasteiger charge is -2.26. The average molecular weight is 266 g/mol. The topological polar surface area (TPSA) is 58.6 Å². The van der Waals surface area contributed by atoms with E-state index in [2.05, 4.69) is 5.32 Å². The SMILES string of the molecule is CNCC(C)S(=O)(=O)N(CCOC)CC(C)C. The Hall–Kier alpha value is -0.170. The van der Waals surface area contributed by atoms with Gasteiger partial charge in [0.2, 0.25) is 10.0 Å². The predicted octanol–water partition coefficient (Wildman–Crippen LogP) is 0.528. The number of sulfonamides is 1. The molecule has 0 fully saturated rings. The number of hydrogen-bond donors (Lipinski definition) is 1. The minimum atomic E-state index is -3.24. The van der Waals surface area contributed by atoms with Crippen LogP contribution in [0.25, 0.3) is 0 Å². The summed E-state index contributed by atoms with van der Waals surface area (Å²) < 4.78 is 31.1. The lowest BCUT2D eigenvalue weighted by Crippen LogP contribution is -2.44. The number of nitrogens with one attached hydrogen (secondary N) is 1. The number of methoxy groups -OCH3 is 1. The molecule has 0 saturated carbocycles. The average Bonchev–Trinajstić information content (AvgIpc) is 2.23. The third-order valence-electron chi connectivity index (χ3n) is 2.47. The fourth-order valence-corrected chi connectivity index (χ4v) is 3.29. The van der Waals surface area contributed by atoms with E-state index in [1.165, 1.54) is 4.31 Å². The van der Waals surface area contributed by atoms with Gasteiger partial charge in [0.1, 0.15) is 0 Å². The van der Waals surface area contributed by atoms with Gasteiger partial charge in [-0.3, -0.25) is 0 Å². The van der Waals surface area contributed by atoms with Crippen LogP contribution < -0.4 is 5.32 Å². The van der Waals surface area contributed by atoms with Crippen LogP contribution in [0.2, 0.25) is 0 Å². The summed E-state index contributed by atoms with van der Waals surface area (Å²) in [6, 6.07) is 0. The van der Waals surface area contributed by atoms with Crippen molar-refractivity contribution in [2.24, 2.45) is 5.92 Å². The third-order valence-corrected chi connectivity index (χ3v) is 4.71. The summed E-state index contributed by atoms with van der Waals surface area (Å²) in [5.41, 5.74) is 0. The summed E-state index contributed by atoms with van der Waals surface area (Å²) >= 11 is 0. The normalized spacial score (nSPS) is 14.5. The Morgan fingerprint density at radius 3 is 2.29 bits per heavy atom. The summed E-state index contributed by atoms with van der Waals surface area (Å²) in [6.07, 6.45) is 0. The van der Waals surface area contributed by atoms with Crippen molar-refractivity contribution in [3.05, 3.63) is 0 Å². The van der Waals surface area contributed by atoms with Gasteiger partial charge in [0.25, 0.3) is 0 Å². The van der Waals surface area contributed by atoms with E-state index in [1.807, 2.05) is 13.8 Å². The van der Waals surface area contributed by atoms with Crippen LogP contribution in [0.15, 0.2) is 0 Å². The molecule has 0 saturated heterocycles. The van der Waals surface area contributed by atoms with E-state index < -0.39 is 15.3 Å².